The molecule has 2 atom stereocenters. The molecule has 1 aromatic rings. The van der Waals surface area contributed by atoms with Gasteiger partial charge in [0.2, 0.25) is 11.8 Å². The molecule has 0 radical (unpaired) electrons. The summed E-state index contributed by atoms with van der Waals surface area (Å²) in [6.45, 7) is 1.19. The first-order valence-corrected chi connectivity index (χ1v) is 10.6. The number of benzene rings is 1. The van der Waals surface area contributed by atoms with Crippen LogP contribution in [0.3, 0.4) is 0 Å². The van der Waals surface area contributed by atoms with E-state index in [1.165, 1.54) is 7.11 Å². The number of methoxy groups -OCH3 is 1. The Morgan fingerprint density at radius 1 is 1.37 bits per heavy atom. The lowest BCUT2D eigenvalue weighted by atomic mass is 9.87. The Morgan fingerprint density at radius 3 is 2.77 bits per heavy atom. The number of ether oxygens (including phenoxy) is 2. The topological polar surface area (TPSA) is 118 Å². The average Bonchev–Trinajstić information content (AvgIpc) is 3.29. The third kappa shape index (κ3) is 5.40. The maximum absolute atomic E-state index is 12.2. The number of nitriles is 1. The van der Waals surface area contributed by atoms with Crippen LogP contribution in [-0.2, 0) is 19.1 Å². The van der Waals surface area contributed by atoms with E-state index in [9.17, 15) is 19.6 Å². The molecule has 30 heavy (non-hydrogen) atoms. The molecule has 158 valence electrons. The van der Waals surface area contributed by atoms with Gasteiger partial charge in [-0.1, -0.05) is 23.9 Å². The minimum atomic E-state index is -0.454. The summed E-state index contributed by atoms with van der Waals surface area (Å²) in [5.41, 5.74) is 1.54. The molecule has 0 aromatic heterocycles. The molecule has 2 amide bonds. The van der Waals surface area contributed by atoms with E-state index in [0.717, 1.165) is 36.8 Å². The number of allylic oxidation sites excluding steroid dienone is 1. The average molecular weight is 429 g/mol. The van der Waals surface area contributed by atoms with Crippen molar-refractivity contribution >= 4 is 29.5 Å². The third-order valence-electron chi connectivity index (χ3n) is 4.99. The number of carbonyl (C=O) groups is 3. The van der Waals surface area contributed by atoms with Gasteiger partial charge < -0.3 is 20.1 Å². The van der Waals surface area contributed by atoms with E-state index in [2.05, 4.69) is 16.7 Å². The Bertz CT molecular complexity index is 885. The smallest absolute Gasteiger partial charge is 0.337 e. The van der Waals surface area contributed by atoms with Crippen LogP contribution in [-0.4, -0.2) is 49.9 Å². The number of rotatable bonds is 7. The second-order valence-corrected chi connectivity index (χ2v) is 7.99. The number of nitrogens with zero attached hydrogens (tertiary/aromatic N) is 1. The van der Waals surface area contributed by atoms with Gasteiger partial charge in [-0.3, -0.25) is 9.59 Å². The quantitative estimate of drug-likeness (QED) is 0.635. The summed E-state index contributed by atoms with van der Waals surface area (Å²) in [4.78, 5) is 36.0. The Labute approximate surface area is 179 Å². The summed E-state index contributed by atoms with van der Waals surface area (Å²) in [5.74, 6) is -1.21. The number of hydrogen-bond donors (Lipinski definition) is 2. The number of nitrogens with one attached hydrogen (secondary N) is 2. The molecule has 2 N–H and O–H groups in total. The molecule has 1 fully saturated rings. The van der Waals surface area contributed by atoms with Crippen molar-refractivity contribution in [2.24, 2.45) is 0 Å². The number of esters is 1. The van der Waals surface area contributed by atoms with Crippen LogP contribution in [0.5, 0.6) is 0 Å². The monoisotopic (exact) mass is 429 g/mol. The minimum Gasteiger partial charge on any atom is -0.465 e. The van der Waals surface area contributed by atoms with Gasteiger partial charge in [-0.2, -0.15) is 5.26 Å². The zero-order chi connectivity index (χ0) is 21.5. The van der Waals surface area contributed by atoms with Crippen LogP contribution in [0.15, 0.2) is 34.9 Å². The van der Waals surface area contributed by atoms with Crippen LogP contribution in [0.2, 0.25) is 0 Å². The van der Waals surface area contributed by atoms with E-state index in [1.807, 2.05) is 0 Å². The van der Waals surface area contributed by atoms with Gasteiger partial charge in [0.05, 0.1) is 41.2 Å². The second kappa shape index (κ2) is 10.3. The fourth-order valence-electron chi connectivity index (χ4n) is 3.41. The van der Waals surface area contributed by atoms with Crippen molar-refractivity contribution < 1.29 is 23.9 Å². The van der Waals surface area contributed by atoms with E-state index in [0.29, 0.717) is 22.7 Å². The molecule has 2 aliphatic heterocycles. The maximum Gasteiger partial charge on any atom is 0.337 e. The van der Waals surface area contributed by atoms with Crippen molar-refractivity contribution in [3.63, 3.8) is 0 Å². The van der Waals surface area contributed by atoms with E-state index >= 15 is 0 Å². The van der Waals surface area contributed by atoms with Crippen molar-refractivity contribution in [1.82, 2.24) is 10.6 Å². The lowest BCUT2D eigenvalue weighted by molar-refractivity contribution is -0.121. The van der Waals surface area contributed by atoms with Crippen molar-refractivity contribution in [3.05, 3.63) is 46.0 Å². The van der Waals surface area contributed by atoms with Crippen molar-refractivity contribution in [3.8, 4) is 6.07 Å². The molecular formula is C21H23N3O5S. The highest BCUT2D eigenvalue weighted by atomic mass is 32.2. The molecule has 0 saturated carbocycles. The Morgan fingerprint density at radius 2 is 2.13 bits per heavy atom. The summed E-state index contributed by atoms with van der Waals surface area (Å²) in [6, 6.07) is 8.81. The summed E-state index contributed by atoms with van der Waals surface area (Å²) < 4.78 is 10.2. The Balaban J connectivity index is 1.68. The molecule has 2 aliphatic rings. The fourth-order valence-corrected chi connectivity index (χ4v) is 4.32. The van der Waals surface area contributed by atoms with E-state index < -0.39 is 11.9 Å². The highest BCUT2D eigenvalue weighted by molar-refractivity contribution is 8.03. The minimum absolute atomic E-state index is 0.0551. The summed E-state index contributed by atoms with van der Waals surface area (Å²) in [6.07, 6.45) is 2.11. The highest BCUT2D eigenvalue weighted by Gasteiger charge is 2.30. The highest BCUT2D eigenvalue weighted by Crippen LogP contribution is 2.36. The molecule has 3 rings (SSSR count). The molecule has 2 heterocycles. The first-order chi connectivity index (χ1) is 14.5. The van der Waals surface area contributed by atoms with Gasteiger partial charge in [0.15, 0.2) is 0 Å². The fraction of sp³-hybridized carbons (Fsp3) is 0.429. The SMILES string of the molecule is COC(=O)c1ccc([C@@H]2CC(=O)NC(SCC(=O)NC[C@H]3CCCO3)=C2C#N)cc1. The molecule has 0 spiro atoms. The van der Waals surface area contributed by atoms with E-state index in [4.69, 9.17) is 9.47 Å². The third-order valence-corrected chi connectivity index (χ3v) is 6.01. The number of amides is 2. The summed E-state index contributed by atoms with van der Waals surface area (Å²) >= 11 is 1.13. The van der Waals surface area contributed by atoms with Crippen molar-refractivity contribution in [1.29, 1.82) is 5.26 Å². The van der Waals surface area contributed by atoms with Crippen molar-refractivity contribution in [2.75, 3.05) is 26.0 Å². The second-order valence-electron chi connectivity index (χ2n) is 7.00. The largest absolute Gasteiger partial charge is 0.465 e. The predicted octanol–water partition coefficient (Wildman–Crippen LogP) is 1.84. The lowest BCUT2D eigenvalue weighted by Gasteiger charge is -2.25. The number of hydrogen-bond acceptors (Lipinski definition) is 7. The number of thioether (sulfide) groups is 1. The Kier molecular flexibility index (Phi) is 7.49. The predicted molar refractivity (Wildman–Crippen MR) is 110 cm³/mol. The van der Waals surface area contributed by atoms with Crippen LogP contribution < -0.4 is 10.6 Å². The van der Waals surface area contributed by atoms with Crippen LogP contribution in [0, 0.1) is 11.3 Å². The first kappa shape index (κ1) is 21.9. The number of carbonyl (C=O) groups excluding carboxylic acids is 3. The summed E-state index contributed by atoms with van der Waals surface area (Å²) in [7, 11) is 1.30. The van der Waals surface area contributed by atoms with Gasteiger partial charge in [-0.25, -0.2) is 4.79 Å². The molecule has 1 saturated heterocycles. The van der Waals surface area contributed by atoms with Gasteiger partial charge in [-0.05, 0) is 30.5 Å². The standard InChI is InChI=1S/C21H23N3O5S/c1-28-21(27)14-6-4-13(5-7-14)16-9-18(25)24-20(17(16)10-22)30-12-19(26)23-11-15-3-2-8-29-15/h4-7,15-16H,2-3,8-9,11-12H2,1H3,(H,23,26)(H,24,25)/t15-,16+/m1/s1. The molecule has 0 aliphatic carbocycles. The van der Waals surface area contributed by atoms with Gasteiger partial charge in [0.1, 0.15) is 0 Å². The van der Waals surface area contributed by atoms with Gasteiger partial charge in [0.25, 0.3) is 0 Å². The van der Waals surface area contributed by atoms with Gasteiger partial charge in [0, 0.05) is 25.5 Å². The van der Waals surface area contributed by atoms with Gasteiger partial charge >= 0.3 is 5.97 Å². The summed E-state index contributed by atoms with van der Waals surface area (Å²) in [5, 5.41) is 15.6. The van der Waals surface area contributed by atoms with Crippen LogP contribution >= 0.6 is 11.8 Å². The lowest BCUT2D eigenvalue weighted by Crippen LogP contribution is -2.34. The molecule has 9 heteroatoms. The van der Waals surface area contributed by atoms with E-state index in [-0.39, 0.29) is 30.1 Å². The molecule has 0 bridgehead atoms. The molecule has 1 aromatic carbocycles. The van der Waals surface area contributed by atoms with Gasteiger partial charge in [-0.15, -0.1) is 0 Å². The zero-order valence-corrected chi connectivity index (χ0v) is 17.4. The van der Waals surface area contributed by atoms with Crippen LogP contribution in [0.25, 0.3) is 0 Å². The molecule has 8 nitrogen and oxygen atoms in total. The molecular weight excluding hydrogens is 406 g/mol. The maximum atomic E-state index is 12.2. The van der Waals surface area contributed by atoms with Crippen molar-refractivity contribution in [2.45, 2.75) is 31.3 Å². The normalized spacial score (nSPS) is 21.0. The first-order valence-electron chi connectivity index (χ1n) is 9.65. The zero-order valence-electron chi connectivity index (χ0n) is 16.6. The van der Waals surface area contributed by atoms with E-state index in [1.54, 1.807) is 24.3 Å². The van der Waals surface area contributed by atoms with Crippen LogP contribution in [0.1, 0.15) is 41.1 Å². The Hall–Kier alpha value is -2.83. The molecule has 0 unspecified atom stereocenters. The van der Waals surface area contributed by atoms with Crippen LogP contribution in [0.4, 0.5) is 0 Å².